The molecule has 2 aromatic carbocycles. The molecule has 4 rings (SSSR count). The SMILES string of the molecule is C#CCOC(=O)C1=C(COCCN)NC(C)=C(C(=O)OCC)C1c1cccc2c(=O)c3ccccc3oc12. The van der Waals surface area contributed by atoms with E-state index in [0.29, 0.717) is 33.3 Å². The summed E-state index contributed by atoms with van der Waals surface area (Å²) in [5.74, 6) is -0.108. The van der Waals surface area contributed by atoms with Gasteiger partial charge in [0, 0.05) is 17.8 Å². The minimum absolute atomic E-state index is 0.0146. The van der Waals surface area contributed by atoms with Crippen molar-refractivity contribution in [3.8, 4) is 12.3 Å². The number of rotatable bonds is 9. The van der Waals surface area contributed by atoms with E-state index in [1.165, 1.54) is 0 Å². The summed E-state index contributed by atoms with van der Waals surface area (Å²) in [6.45, 7) is 3.72. The predicted molar refractivity (Wildman–Crippen MR) is 142 cm³/mol. The lowest BCUT2D eigenvalue weighted by Gasteiger charge is -2.31. The number of esters is 2. The molecule has 0 radical (unpaired) electrons. The summed E-state index contributed by atoms with van der Waals surface area (Å²) >= 11 is 0. The largest absolute Gasteiger partial charge is 0.463 e. The summed E-state index contributed by atoms with van der Waals surface area (Å²) in [4.78, 5) is 40.1. The zero-order chi connectivity index (χ0) is 27.2. The molecule has 0 fully saturated rings. The lowest BCUT2D eigenvalue weighted by molar-refractivity contribution is -0.139. The minimum atomic E-state index is -1.01. The number of hydrogen-bond acceptors (Lipinski definition) is 9. The van der Waals surface area contributed by atoms with E-state index in [-0.39, 0.29) is 55.1 Å². The third-order valence-corrected chi connectivity index (χ3v) is 6.10. The maximum absolute atomic E-state index is 13.5. The maximum atomic E-state index is 13.5. The van der Waals surface area contributed by atoms with Crippen LogP contribution in [-0.2, 0) is 23.8 Å². The molecule has 0 bridgehead atoms. The fourth-order valence-corrected chi connectivity index (χ4v) is 4.56. The normalized spacial score (nSPS) is 15.4. The molecule has 38 heavy (non-hydrogen) atoms. The van der Waals surface area contributed by atoms with Crippen molar-refractivity contribution >= 4 is 33.9 Å². The van der Waals surface area contributed by atoms with E-state index in [1.54, 1.807) is 56.3 Å². The van der Waals surface area contributed by atoms with Crippen molar-refractivity contribution in [1.29, 1.82) is 0 Å². The number of hydrogen-bond donors (Lipinski definition) is 2. The van der Waals surface area contributed by atoms with Crippen LogP contribution in [0, 0.1) is 12.3 Å². The fraction of sp³-hybridized carbons (Fsp3) is 0.276. The van der Waals surface area contributed by atoms with E-state index in [9.17, 15) is 14.4 Å². The van der Waals surface area contributed by atoms with Gasteiger partial charge >= 0.3 is 11.9 Å². The van der Waals surface area contributed by atoms with E-state index >= 15 is 0 Å². The van der Waals surface area contributed by atoms with Crippen molar-refractivity contribution in [3.63, 3.8) is 0 Å². The van der Waals surface area contributed by atoms with Gasteiger partial charge in [-0.05, 0) is 32.0 Å². The Bertz CT molecular complexity index is 1560. The van der Waals surface area contributed by atoms with E-state index in [2.05, 4.69) is 11.2 Å². The number of dihydropyridines is 1. The van der Waals surface area contributed by atoms with Gasteiger partial charge in [-0.3, -0.25) is 4.79 Å². The molecule has 0 spiro atoms. The van der Waals surface area contributed by atoms with Crippen LogP contribution in [0.3, 0.4) is 0 Å². The van der Waals surface area contributed by atoms with Gasteiger partial charge in [-0.2, -0.15) is 0 Å². The summed E-state index contributed by atoms with van der Waals surface area (Å²) in [5, 5.41) is 3.83. The number of carbonyl (C=O) groups is 2. The molecule has 196 valence electrons. The van der Waals surface area contributed by atoms with Gasteiger partial charge in [-0.25, -0.2) is 9.59 Å². The lowest BCUT2D eigenvalue weighted by Crippen LogP contribution is -2.35. The Kier molecular flexibility index (Phi) is 8.26. The second-order valence-corrected chi connectivity index (χ2v) is 8.48. The predicted octanol–water partition coefficient (Wildman–Crippen LogP) is 2.88. The van der Waals surface area contributed by atoms with Crippen molar-refractivity contribution in [2.24, 2.45) is 5.73 Å². The van der Waals surface area contributed by atoms with Gasteiger partial charge in [0.2, 0.25) is 5.43 Å². The highest BCUT2D eigenvalue weighted by Gasteiger charge is 2.40. The Morgan fingerprint density at radius 3 is 2.55 bits per heavy atom. The van der Waals surface area contributed by atoms with E-state index in [0.717, 1.165) is 0 Å². The molecule has 1 aliphatic rings. The number of ether oxygens (including phenoxy) is 3. The van der Waals surface area contributed by atoms with Crippen LogP contribution in [0.25, 0.3) is 21.9 Å². The summed E-state index contributed by atoms with van der Waals surface area (Å²) in [7, 11) is 0. The monoisotopic (exact) mass is 516 g/mol. The average molecular weight is 517 g/mol. The number of nitrogens with one attached hydrogen (secondary N) is 1. The van der Waals surface area contributed by atoms with Crippen molar-refractivity contribution < 1.29 is 28.2 Å². The number of nitrogens with two attached hydrogens (primary N) is 1. The van der Waals surface area contributed by atoms with Gasteiger partial charge < -0.3 is 29.7 Å². The molecular weight excluding hydrogens is 488 g/mol. The second kappa shape index (κ2) is 11.8. The molecule has 3 aromatic rings. The minimum Gasteiger partial charge on any atom is -0.463 e. The maximum Gasteiger partial charge on any atom is 0.337 e. The van der Waals surface area contributed by atoms with Crippen molar-refractivity contribution in [2.45, 2.75) is 19.8 Å². The molecule has 0 saturated carbocycles. The van der Waals surface area contributed by atoms with E-state index < -0.39 is 17.9 Å². The zero-order valence-electron chi connectivity index (χ0n) is 21.2. The van der Waals surface area contributed by atoms with Crippen LogP contribution in [0.4, 0.5) is 0 Å². The molecule has 0 amide bonds. The van der Waals surface area contributed by atoms with Gasteiger partial charge in [0.1, 0.15) is 11.2 Å². The Morgan fingerprint density at radius 1 is 1.08 bits per heavy atom. The van der Waals surface area contributed by atoms with Crippen LogP contribution < -0.4 is 16.5 Å². The first-order valence-electron chi connectivity index (χ1n) is 12.1. The number of allylic oxidation sites excluding steroid dienone is 1. The molecule has 0 saturated heterocycles. The Balaban J connectivity index is 2.04. The van der Waals surface area contributed by atoms with Crippen LogP contribution in [0.5, 0.6) is 0 Å². The fourth-order valence-electron chi connectivity index (χ4n) is 4.56. The summed E-state index contributed by atoms with van der Waals surface area (Å²) in [6, 6.07) is 11.9. The van der Waals surface area contributed by atoms with Gasteiger partial charge in [-0.1, -0.05) is 30.2 Å². The third kappa shape index (κ3) is 5.05. The number of carbonyl (C=O) groups excluding carboxylic acids is 2. The molecule has 9 nitrogen and oxygen atoms in total. The topological polar surface area (TPSA) is 130 Å². The highest BCUT2D eigenvalue weighted by molar-refractivity contribution is 6.02. The molecule has 9 heteroatoms. The molecule has 2 heterocycles. The first-order valence-corrected chi connectivity index (χ1v) is 12.1. The number of para-hydroxylation sites is 2. The van der Waals surface area contributed by atoms with Gasteiger partial charge in [0.15, 0.2) is 6.61 Å². The Morgan fingerprint density at radius 2 is 1.82 bits per heavy atom. The van der Waals surface area contributed by atoms with E-state index in [4.69, 9.17) is 30.8 Å². The van der Waals surface area contributed by atoms with Gasteiger partial charge in [0.25, 0.3) is 0 Å². The molecule has 0 aliphatic carbocycles. The van der Waals surface area contributed by atoms with Gasteiger partial charge in [0.05, 0.1) is 53.4 Å². The van der Waals surface area contributed by atoms with E-state index in [1.807, 2.05) is 0 Å². The highest BCUT2D eigenvalue weighted by Crippen LogP contribution is 2.42. The Hall–Kier alpha value is -4.39. The number of benzene rings is 2. The molecule has 1 aliphatic heterocycles. The summed E-state index contributed by atoms with van der Waals surface area (Å²) in [6.07, 6.45) is 5.34. The third-order valence-electron chi connectivity index (χ3n) is 6.10. The summed E-state index contributed by atoms with van der Waals surface area (Å²) in [5.41, 5.74) is 7.46. The van der Waals surface area contributed by atoms with Crippen LogP contribution in [0.1, 0.15) is 25.3 Å². The highest BCUT2D eigenvalue weighted by atomic mass is 16.5. The zero-order valence-corrected chi connectivity index (χ0v) is 21.2. The Labute approximate surface area is 219 Å². The molecular formula is C29H28N2O7. The second-order valence-electron chi connectivity index (χ2n) is 8.48. The van der Waals surface area contributed by atoms with Gasteiger partial charge in [-0.15, -0.1) is 6.42 Å². The first-order chi connectivity index (χ1) is 18.4. The quantitative estimate of drug-likeness (QED) is 0.191. The first kappa shape index (κ1) is 26.7. The smallest absolute Gasteiger partial charge is 0.337 e. The van der Waals surface area contributed by atoms with Crippen LogP contribution in [0.2, 0.25) is 0 Å². The standard InChI is InChI=1S/C29H28N2O7/c1-4-14-37-29(34)25-21(16-35-15-13-30)31-17(3)23(28(33)36-5-2)24(25)19-10-8-11-20-26(32)18-9-6-7-12-22(18)38-27(19)20/h1,6-12,24,31H,5,13-16,30H2,2-3H3. The molecule has 1 aromatic heterocycles. The average Bonchev–Trinajstić information content (AvgIpc) is 2.91. The molecule has 1 unspecified atom stereocenters. The number of terminal acetylenes is 1. The summed E-state index contributed by atoms with van der Waals surface area (Å²) < 4.78 is 22.6. The molecule has 1 atom stereocenters. The van der Waals surface area contributed by atoms with Crippen molar-refractivity contribution in [1.82, 2.24) is 5.32 Å². The van der Waals surface area contributed by atoms with Crippen LogP contribution in [-0.4, -0.2) is 44.9 Å². The van der Waals surface area contributed by atoms with Crippen LogP contribution >= 0.6 is 0 Å². The number of fused-ring (bicyclic) bond motifs is 2. The van der Waals surface area contributed by atoms with Crippen LogP contribution in [0.15, 0.2) is 74.2 Å². The lowest BCUT2D eigenvalue weighted by atomic mass is 9.79. The van der Waals surface area contributed by atoms with Crippen molar-refractivity contribution in [3.05, 3.63) is 80.8 Å². The molecule has 3 N–H and O–H groups in total. The van der Waals surface area contributed by atoms with Crippen molar-refractivity contribution in [2.75, 3.05) is 33.0 Å².